The number of carboxylic acids is 1. The van der Waals surface area contributed by atoms with Gasteiger partial charge in [0.25, 0.3) is 0 Å². The number of methoxy groups -OCH3 is 2. The molecule has 0 unspecified atom stereocenters. The molecule has 2 N–H and O–H groups in total. The Balaban J connectivity index is 1.91. The van der Waals surface area contributed by atoms with E-state index in [-0.39, 0.29) is 10.1 Å². The van der Waals surface area contributed by atoms with Crippen LogP contribution >= 0.6 is 39.3 Å². The van der Waals surface area contributed by atoms with Crippen molar-refractivity contribution in [2.75, 3.05) is 20.8 Å². The Kier molecular flexibility index (Phi) is 8.43. The number of carbonyl (C=O) groups is 1. The number of carboxylic acid groups (broad SMARTS) is 1. The van der Waals surface area contributed by atoms with E-state index in [0.717, 1.165) is 11.8 Å². The minimum absolute atomic E-state index is 0.00678. The van der Waals surface area contributed by atoms with Crippen molar-refractivity contribution in [2.24, 2.45) is 0 Å². The summed E-state index contributed by atoms with van der Waals surface area (Å²) in [7, 11) is 3.03. The Morgan fingerprint density at radius 3 is 2.70 bits per heavy atom. The number of aliphatic carboxylic acids is 1. The van der Waals surface area contributed by atoms with E-state index in [9.17, 15) is 9.90 Å². The topological polar surface area (TPSA) is 107 Å². The summed E-state index contributed by atoms with van der Waals surface area (Å²) >= 11 is 10.4. The molecule has 3 rings (SSSR count). The highest BCUT2D eigenvalue weighted by atomic mass is 79.9. The van der Waals surface area contributed by atoms with Gasteiger partial charge in [0.1, 0.15) is 17.3 Å². The molecule has 1 heterocycles. The third kappa shape index (κ3) is 6.10. The number of rotatable bonds is 10. The number of benzene rings is 2. The van der Waals surface area contributed by atoms with E-state index in [2.05, 4.69) is 37.7 Å². The van der Waals surface area contributed by atoms with Crippen LogP contribution in [0.4, 0.5) is 0 Å². The van der Waals surface area contributed by atoms with Crippen LogP contribution < -0.4 is 14.2 Å². The van der Waals surface area contributed by atoms with Gasteiger partial charge in [-0.2, -0.15) is 0 Å². The summed E-state index contributed by atoms with van der Waals surface area (Å²) in [6.07, 6.45) is 3.11. The summed E-state index contributed by atoms with van der Waals surface area (Å²) in [5.74, 6) is 0.758. The van der Waals surface area contributed by atoms with E-state index in [1.165, 1.54) is 20.3 Å². The van der Waals surface area contributed by atoms with Crippen LogP contribution in [0.15, 0.2) is 57.5 Å². The van der Waals surface area contributed by atoms with Crippen LogP contribution in [0, 0.1) is 0 Å². The largest absolute Gasteiger partial charge is 0.496 e. The fourth-order valence-electron chi connectivity index (χ4n) is 2.77. The normalized spacial score (nSPS) is 11.2. The highest BCUT2D eigenvalue weighted by Crippen LogP contribution is 2.38. The molecular formula is C22H19BrClN3O5S. The standard InChI is InChI=1S/C22H19BrClN3O5S/c1-4-7-32-19-15(23)8-12(9-17(19)31-3)10-18(21(28)29)33-22-25-20(26-27-22)14-11-13(24)5-6-16(14)30-2/h4-6,8-11H,1,7H2,2-3H3,(H,28,29)(H,25,26,27)/b18-10-. The predicted molar refractivity (Wildman–Crippen MR) is 131 cm³/mol. The summed E-state index contributed by atoms with van der Waals surface area (Å²) in [6, 6.07) is 8.49. The number of hydrogen-bond donors (Lipinski definition) is 2. The van der Waals surface area contributed by atoms with Gasteiger partial charge in [0.15, 0.2) is 17.3 Å². The molecular weight excluding hydrogens is 534 g/mol. The maximum Gasteiger partial charge on any atom is 0.342 e. The molecule has 0 atom stereocenters. The second-order valence-electron chi connectivity index (χ2n) is 6.36. The molecule has 0 aliphatic rings. The summed E-state index contributed by atoms with van der Waals surface area (Å²) in [5.41, 5.74) is 1.19. The minimum atomic E-state index is -1.13. The molecule has 0 amide bonds. The predicted octanol–water partition coefficient (Wildman–Crippen LogP) is 5.69. The van der Waals surface area contributed by atoms with Gasteiger partial charge in [-0.15, -0.1) is 5.10 Å². The second kappa shape index (κ2) is 11.3. The first-order valence-electron chi connectivity index (χ1n) is 9.36. The van der Waals surface area contributed by atoms with E-state index in [0.29, 0.717) is 50.3 Å². The number of thioether (sulfide) groups is 1. The first-order chi connectivity index (χ1) is 15.9. The van der Waals surface area contributed by atoms with Crippen LogP contribution in [0.25, 0.3) is 17.5 Å². The van der Waals surface area contributed by atoms with Gasteiger partial charge in [0, 0.05) is 5.02 Å². The average Bonchev–Trinajstić information content (AvgIpc) is 3.26. The van der Waals surface area contributed by atoms with E-state index < -0.39 is 5.97 Å². The zero-order valence-electron chi connectivity index (χ0n) is 17.6. The van der Waals surface area contributed by atoms with E-state index in [1.54, 1.807) is 36.4 Å². The zero-order valence-corrected chi connectivity index (χ0v) is 20.8. The first-order valence-corrected chi connectivity index (χ1v) is 11.3. The SMILES string of the molecule is C=CCOc1c(Br)cc(/C=C(\Sc2n[nH]c(-c3cc(Cl)ccc3OC)n2)C(=O)O)cc1OC. The number of aromatic nitrogens is 3. The third-order valence-electron chi connectivity index (χ3n) is 4.19. The Labute approximate surface area is 207 Å². The lowest BCUT2D eigenvalue weighted by Crippen LogP contribution is -1.99. The summed E-state index contributed by atoms with van der Waals surface area (Å²) in [5, 5.41) is 17.4. The van der Waals surface area contributed by atoms with Crippen molar-refractivity contribution < 1.29 is 24.1 Å². The van der Waals surface area contributed by atoms with Crippen LogP contribution in [0.1, 0.15) is 5.56 Å². The highest BCUT2D eigenvalue weighted by Gasteiger charge is 2.18. The number of aromatic amines is 1. The lowest BCUT2D eigenvalue weighted by Gasteiger charge is -2.12. The highest BCUT2D eigenvalue weighted by molar-refractivity contribution is 9.10. The van der Waals surface area contributed by atoms with Gasteiger partial charge in [-0.3, -0.25) is 5.10 Å². The van der Waals surface area contributed by atoms with Gasteiger partial charge in [-0.05, 0) is 69.7 Å². The van der Waals surface area contributed by atoms with E-state index in [1.807, 2.05) is 0 Å². The molecule has 0 saturated heterocycles. The van der Waals surface area contributed by atoms with Crippen molar-refractivity contribution >= 4 is 51.3 Å². The molecule has 0 fully saturated rings. The lowest BCUT2D eigenvalue weighted by molar-refractivity contribution is -0.131. The fourth-order valence-corrected chi connectivity index (χ4v) is 4.22. The molecule has 1 aromatic heterocycles. The van der Waals surface area contributed by atoms with Crippen LogP contribution in [-0.2, 0) is 4.79 Å². The van der Waals surface area contributed by atoms with Crippen molar-refractivity contribution in [3.05, 3.63) is 63.0 Å². The van der Waals surface area contributed by atoms with Crippen molar-refractivity contribution in [3.63, 3.8) is 0 Å². The molecule has 0 aliphatic carbocycles. The fraction of sp³-hybridized carbons (Fsp3) is 0.136. The lowest BCUT2D eigenvalue weighted by atomic mass is 10.2. The molecule has 33 heavy (non-hydrogen) atoms. The first kappa shape index (κ1) is 24.7. The Hall–Kier alpha value is -2.95. The molecule has 8 nitrogen and oxygen atoms in total. The number of nitrogens with one attached hydrogen (secondary N) is 1. The molecule has 172 valence electrons. The summed E-state index contributed by atoms with van der Waals surface area (Å²) < 4.78 is 16.9. The smallest absolute Gasteiger partial charge is 0.342 e. The molecule has 0 saturated carbocycles. The monoisotopic (exact) mass is 551 g/mol. The second-order valence-corrected chi connectivity index (χ2v) is 8.66. The summed E-state index contributed by atoms with van der Waals surface area (Å²) in [4.78, 5) is 16.3. The van der Waals surface area contributed by atoms with Gasteiger partial charge >= 0.3 is 5.97 Å². The molecule has 2 aromatic carbocycles. The molecule has 0 bridgehead atoms. The van der Waals surface area contributed by atoms with Gasteiger partial charge in [-0.25, -0.2) is 9.78 Å². The quantitative estimate of drug-likeness (QED) is 0.188. The van der Waals surface area contributed by atoms with Crippen molar-refractivity contribution in [1.82, 2.24) is 15.2 Å². The molecule has 0 radical (unpaired) electrons. The Morgan fingerprint density at radius 2 is 2.03 bits per heavy atom. The molecule has 0 spiro atoms. The van der Waals surface area contributed by atoms with Crippen LogP contribution in [0.3, 0.4) is 0 Å². The Bertz CT molecular complexity index is 1210. The van der Waals surface area contributed by atoms with Crippen LogP contribution in [0.2, 0.25) is 5.02 Å². The number of H-pyrrole nitrogens is 1. The number of nitrogens with zero attached hydrogens (tertiary/aromatic N) is 2. The zero-order chi connectivity index (χ0) is 24.0. The van der Waals surface area contributed by atoms with E-state index >= 15 is 0 Å². The maximum absolute atomic E-state index is 11.9. The number of ether oxygens (including phenoxy) is 3. The Morgan fingerprint density at radius 1 is 1.27 bits per heavy atom. The van der Waals surface area contributed by atoms with Crippen LogP contribution in [-0.4, -0.2) is 47.1 Å². The molecule has 11 heteroatoms. The number of halogens is 2. The van der Waals surface area contributed by atoms with Gasteiger partial charge in [0.2, 0.25) is 5.16 Å². The maximum atomic E-state index is 11.9. The van der Waals surface area contributed by atoms with Gasteiger partial charge in [0.05, 0.1) is 24.3 Å². The van der Waals surface area contributed by atoms with Gasteiger partial charge < -0.3 is 19.3 Å². The minimum Gasteiger partial charge on any atom is -0.496 e. The van der Waals surface area contributed by atoms with Crippen molar-refractivity contribution in [3.8, 4) is 28.6 Å². The van der Waals surface area contributed by atoms with E-state index in [4.69, 9.17) is 25.8 Å². The third-order valence-corrected chi connectivity index (χ3v) is 5.89. The van der Waals surface area contributed by atoms with Gasteiger partial charge in [-0.1, -0.05) is 24.3 Å². The number of hydrogen-bond acceptors (Lipinski definition) is 7. The summed E-state index contributed by atoms with van der Waals surface area (Å²) in [6.45, 7) is 3.92. The van der Waals surface area contributed by atoms with Crippen LogP contribution in [0.5, 0.6) is 17.2 Å². The van der Waals surface area contributed by atoms with Crippen molar-refractivity contribution in [1.29, 1.82) is 0 Å². The molecule has 3 aromatic rings. The van der Waals surface area contributed by atoms with Crippen molar-refractivity contribution in [2.45, 2.75) is 5.16 Å². The molecule has 0 aliphatic heterocycles. The average molecular weight is 553 g/mol.